The minimum atomic E-state index is 0.491. The topological polar surface area (TPSA) is 29.3 Å². The summed E-state index contributed by atoms with van der Waals surface area (Å²) in [7, 11) is 0. The Balaban J connectivity index is 4.13. The highest BCUT2D eigenvalue weighted by Crippen LogP contribution is 2.09. The van der Waals surface area contributed by atoms with Crippen molar-refractivity contribution in [2.45, 2.75) is 52.6 Å². The van der Waals surface area contributed by atoms with Crippen LogP contribution in [0.3, 0.4) is 0 Å². The van der Waals surface area contributed by atoms with E-state index in [-0.39, 0.29) is 0 Å². The summed E-state index contributed by atoms with van der Waals surface area (Å²) in [6, 6.07) is 0.982. The summed E-state index contributed by atoms with van der Waals surface area (Å²) in [5.74, 6) is 0. The maximum Gasteiger partial charge on any atom is 0.0784 e. The van der Waals surface area contributed by atoms with E-state index in [9.17, 15) is 0 Å². The number of thiocarbonyl (C=S) groups is 1. The molecule has 0 amide bonds. The average Bonchev–Trinajstić information content (AvgIpc) is 1.99. The van der Waals surface area contributed by atoms with Crippen LogP contribution >= 0.6 is 12.2 Å². The first-order valence-electron chi connectivity index (χ1n) is 5.02. The molecule has 2 nitrogen and oxygen atoms in total. The van der Waals surface area contributed by atoms with E-state index in [0.717, 1.165) is 24.4 Å². The Labute approximate surface area is 87.5 Å². The van der Waals surface area contributed by atoms with Crippen LogP contribution in [0.2, 0.25) is 0 Å². The summed E-state index contributed by atoms with van der Waals surface area (Å²) in [6.07, 6.45) is 1.94. The van der Waals surface area contributed by atoms with Crippen LogP contribution in [-0.2, 0) is 0 Å². The van der Waals surface area contributed by atoms with Gasteiger partial charge in [0.2, 0.25) is 0 Å². The molecular formula is C10H22N2S. The fraction of sp³-hybridized carbons (Fsp3) is 0.900. The van der Waals surface area contributed by atoms with Gasteiger partial charge in [-0.05, 0) is 47.1 Å². The zero-order valence-electron chi connectivity index (χ0n) is 9.21. The second kappa shape index (κ2) is 6.33. The predicted molar refractivity (Wildman–Crippen MR) is 63.0 cm³/mol. The van der Waals surface area contributed by atoms with Gasteiger partial charge in [-0.3, -0.25) is 0 Å². The van der Waals surface area contributed by atoms with Crippen LogP contribution in [0.15, 0.2) is 0 Å². The van der Waals surface area contributed by atoms with Crippen molar-refractivity contribution in [1.29, 1.82) is 0 Å². The Morgan fingerprint density at radius 1 is 1.23 bits per heavy atom. The van der Waals surface area contributed by atoms with E-state index in [2.05, 4.69) is 32.6 Å². The molecule has 0 unspecified atom stereocenters. The molecule has 0 aliphatic heterocycles. The first-order chi connectivity index (χ1) is 6.00. The lowest BCUT2D eigenvalue weighted by molar-refractivity contribution is 0.291. The second-order valence-electron chi connectivity index (χ2n) is 3.88. The minimum absolute atomic E-state index is 0.491. The van der Waals surface area contributed by atoms with E-state index >= 15 is 0 Å². The molecular weight excluding hydrogens is 180 g/mol. The molecule has 0 aromatic rings. The van der Waals surface area contributed by atoms with Crippen molar-refractivity contribution in [3.05, 3.63) is 0 Å². The molecule has 0 saturated carbocycles. The maximum atomic E-state index is 5.45. The van der Waals surface area contributed by atoms with Crippen molar-refractivity contribution in [2.24, 2.45) is 5.73 Å². The summed E-state index contributed by atoms with van der Waals surface area (Å²) < 4.78 is 0. The van der Waals surface area contributed by atoms with Crippen molar-refractivity contribution in [3.8, 4) is 0 Å². The standard InChI is InChI=1S/C10H22N2S/c1-8(2)12(9(3)4)10(13)6-5-7-11/h8-9H,5-7,11H2,1-4H3. The SMILES string of the molecule is CC(C)N(C(=S)CCCN)C(C)C. The molecule has 13 heavy (non-hydrogen) atoms. The molecule has 0 rings (SSSR count). The van der Waals surface area contributed by atoms with Crippen LogP contribution in [0.1, 0.15) is 40.5 Å². The Bertz CT molecular complexity index is 147. The lowest BCUT2D eigenvalue weighted by Gasteiger charge is -2.33. The highest BCUT2D eigenvalue weighted by molar-refractivity contribution is 7.80. The minimum Gasteiger partial charge on any atom is -0.361 e. The van der Waals surface area contributed by atoms with Crippen LogP contribution in [0, 0.1) is 0 Å². The molecule has 0 fully saturated rings. The largest absolute Gasteiger partial charge is 0.361 e. The Morgan fingerprint density at radius 2 is 1.69 bits per heavy atom. The molecule has 0 radical (unpaired) electrons. The van der Waals surface area contributed by atoms with E-state index in [0.29, 0.717) is 12.1 Å². The number of rotatable bonds is 5. The zero-order chi connectivity index (χ0) is 10.4. The van der Waals surface area contributed by atoms with Gasteiger partial charge in [0, 0.05) is 12.1 Å². The van der Waals surface area contributed by atoms with Gasteiger partial charge in [0.25, 0.3) is 0 Å². The van der Waals surface area contributed by atoms with E-state index in [1.54, 1.807) is 0 Å². The summed E-state index contributed by atoms with van der Waals surface area (Å²) >= 11 is 5.36. The van der Waals surface area contributed by atoms with Gasteiger partial charge in [-0.1, -0.05) is 12.2 Å². The van der Waals surface area contributed by atoms with Gasteiger partial charge in [-0.25, -0.2) is 0 Å². The third kappa shape index (κ3) is 4.58. The fourth-order valence-corrected chi connectivity index (χ4v) is 2.12. The van der Waals surface area contributed by atoms with Crippen molar-refractivity contribution < 1.29 is 0 Å². The number of nitrogens with zero attached hydrogens (tertiary/aromatic N) is 1. The fourth-order valence-electron chi connectivity index (χ4n) is 1.55. The van der Waals surface area contributed by atoms with Crippen LogP contribution < -0.4 is 5.73 Å². The van der Waals surface area contributed by atoms with E-state index < -0.39 is 0 Å². The molecule has 0 aromatic carbocycles. The van der Waals surface area contributed by atoms with Gasteiger partial charge in [0.05, 0.1) is 4.99 Å². The Morgan fingerprint density at radius 3 is 2.00 bits per heavy atom. The van der Waals surface area contributed by atoms with Crippen LogP contribution in [0.4, 0.5) is 0 Å². The number of hydrogen-bond donors (Lipinski definition) is 1. The van der Waals surface area contributed by atoms with Gasteiger partial charge in [0.15, 0.2) is 0 Å². The van der Waals surface area contributed by atoms with Gasteiger partial charge < -0.3 is 10.6 Å². The molecule has 0 spiro atoms. The van der Waals surface area contributed by atoms with Gasteiger partial charge >= 0.3 is 0 Å². The molecule has 0 aliphatic carbocycles. The first kappa shape index (κ1) is 12.8. The molecule has 3 heteroatoms. The van der Waals surface area contributed by atoms with Crippen molar-refractivity contribution in [3.63, 3.8) is 0 Å². The molecule has 2 N–H and O–H groups in total. The molecule has 78 valence electrons. The highest BCUT2D eigenvalue weighted by Gasteiger charge is 2.15. The average molecular weight is 202 g/mol. The summed E-state index contributed by atoms with van der Waals surface area (Å²) in [6.45, 7) is 9.43. The lowest BCUT2D eigenvalue weighted by atomic mass is 10.2. The van der Waals surface area contributed by atoms with Gasteiger partial charge in [0.1, 0.15) is 0 Å². The van der Waals surface area contributed by atoms with E-state index in [4.69, 9.17) is 18.0 Å². The van der Waals surface area contributed by atoms with E-state index in [1.807, 2.05) is 0 Å². The molecule has 0 heterocycles. The van der Waals surface area contributed by atoms with Crippen molar-refractivity contribution >= 4 is 17.2 Å². The summed E-state index contributed by atoms with van der Waals surface area (Å²) in [4.78, 5) is 3.33. The smallest absolute Gasteiger partial charge is 0.0784 e. The van der Waals surface area contributed by atoms with E-state index in [1.165, 1.54) is 0 Å². The molecule has 0 atom stereocenters. The number of nitrogens with two attached hydrogens (primary N) is 1. The van der Waals surface area contributed by atoms with Crippen LogP contribution in [-0.4, -0.2) is 28.5 Å². The van der Waals surface area contributed by atoms with Crippen molar-refractivity contribution in [2.75, 3.05) is 6.54 Å². The third-order valence-corrected chi connectivity index (χ3v) is 2.41. The summed E-state index contributed by atoms with van der Waals surface area (Å²) in [5.41, 5.74) is 5.45. The highest BCUT2D eigenvalue weighted by atomic mass is 32.1. The van der Waals surface area contributed by atoms with Crippen LogP contribution in [0.5, 0.6) is 0 Å². The second-order valence-corrected chi connectivity index (χ2v) is 4.35. The zero-order valence-corrected chi connectivity index (χ0v) is 10.0. The molecule has 0 aliphatic rings. The Hall–Kier alpha value is -0.150. The predicted octanol–water partition coefficient (Wildman–Crippen LogP) is 2.17. The summed E-state index contributed by atoms with van der Waals surface area (Å²) in [5, 5.41) is 0. The monoisotopic (exact) mass is 202 g/mol. The number of hydrogen-bond acceptors (Lipinski definition) is 2. The quantitative estimate of drug-likeness (QED) is 0.693. The molecule has 0 aromatic heterocycles. The Kier molecular flexibility index (Phi) is 6.25. The lowest BCUT2D eigenvalue weighted by Crippen LogP contribution is -2.41. The molecule has 0 bridgehead atoms. The maximum absolute atomic E-state index is 5.45. The molecule has 0 saturated heterocycles. The van der Waals surface area contributed by atoms with Crippen molar-refractivity contribution in [1.82, 2.24) is 4.90 Å². The first-order valence-corrected chi connectivity index (χ1v) is 5.42. The normalized spacial score (nSPS) is 11.0. The third-order valence-electron chi connectivity index (χ3n) is 2.00. The van der Waals surface area contributed by atoms with Gasteiger partial charge in [-0.15, -0.1) is 0 Å². The van der Waals surface area contributed by atoms with Gasteiger partial charge in [-0.2, -0.15) is 0 Å². The van der Waals surface area contributed by atoms with Crippen LogP contribution in [0.25, 0.3) is 0 Å².